The summed E-state index contributed by atoms with van der Waals surface area (Å²) in [6.07, 6.45) is 8.88. The van der Waals surface area contributed by atoms with Gasteiger partial charge >= 0.3 is 0 Å². The van der Waals surface area contributed by atoms with Crippen LogP contribution in [0, 0.1) is 0 Å². The average Bonchev–Trinajstić information content (AvgIpc) is 2.86. The van der Waals surface area contributed by atoms with Gasteiger partial charge in [-0.2, -0.15) is 0 Å². The third-order valence-corrected chi connectivity index (χ3v) is 6.72. The third-order valence-electron chi connectivity index (χ3n) is 5.57. The van der Waals surface area contributed by atoms with E-state index >= 15 is 0 Å². The van der Waals surface area contributed by atoms with E-state index in [0.717, 1.165) is 5.56 Å². The van der Waals surface area contributed by atoms with Crippen LogP contribution in [0.3, 0.4) is 0 Å². The zero-order chi connectivity index (χ0) is 23.5. The molecule has 0 N–H and O–H groups in total. The van der Waals surface area contributed by atoms with Crippen molar-refractivity contribution in [1.82, 2.24) is 4.90 Å². The van der Waals surface area contributed by atoms with Crippen LogP contribution in [0.5, 0.6) is 11.5 Å². The fraction of sp³-hybridized carbons (Fsp3) is 0.200. The summed E-state index contributed by atoms with van der Waals surface area (Å²) in [5.74, 6) is 0.878. The first-order valence-corrected chi connectivity index (χ1v) is 12.5. The molecule has 0 unspecified atom stereocenters. The maximum atomic E-state index is 13.8. The normalized spacial score (nSPS) is 18.2. The highest BCUT2D eigenvalue weighted by atomic mass is 32.2. The maximum Gasteiger partial charge on any atom is 0.262 e. The van der Waals surface area contributed by atoms with Gasteiger partial charge in [0.1, 0.15) is 13.2 Å². The van der Waals surface area contributed by atoms with Crippen LogP contribution in [0.15, 0.2) is 82.9 Å². The Hall–Kier alpha value is -3.85. The van der Waals surface area contributed by atoms with E-state index in [1.165, 1.54) is 0 Å². The number of allylic oxidation sites excluding steroid dienone is 2. The summed E-state index contributed by atoms with van der Waals surface area (Å²) in [5.41, 5.74) is 1.83. The number of rotatable bonds is 5. The Morgan fingerprint density at radius 3 is 2.71 bits per heavy atom. The second-order valence-corrected chi connectivity index (χ2v) is 9.63. The minimum Gasteiger partial charge on any atom is -0.486 e. The fourth-order valence-corrected chi connectivity index (χ4v) is 4.88. The Bertz CT molecular complexity index is 1330. The van der Waals surface area contributed by atoms with Crippen molar-refractivity contribution in [3.8, 4) is 11.5 Å². The van der Waals surface area contributed by atoms with Crippen LogP contribution in [0.2, 0.25) is 0 Å². The minimum absolute atomic E-state index is 0.0893. The minimum atomic E-state index is -3.62. The predicted molar refractivity (Wildman–Crippen MR) is 130 cm³/mol. The smallest absolute Gasteiger partial charge is 0.262 e. The van der Waals surface area contributed by atoms with E-state index < -0.39 is 10.0 Å². The molecule has 2 aromatic carbocycles. The molecule has 0 spiro atoms. The summed E-state index contributed by atoms with van der Waals surface area (Å²) < 4.78 is 39.6. The summed E-state index contributed by atoms with van der Waals surface area (Å²) in [6, 6.07) is 15.1. The van der Waals surface area contributed by atoms with Crippen LogP contribution in [0.25, 0.3) is 6.08 Å². The molecule has 3 heterocycles. The molecule has 0 bridgehead atoms. The first-order chi connectivity index (χ1) is 16.5. The molecule has 174 valence electrons. The van der Waals surface area contributed by atoms with Crippen LogP contribution in [-0.2, 0) is 14.8 Å². The summed E-state index contributed by atoms with van der Waals surface area (Å²) >= 11 is 0. The van der Waals surface area contributed by atoms with Gasteiger partial charge < -0.3 is 19.3 Å². The molecule has 0 fully saturated rings. The molecule has 0 saturated heterocycles. The number of hydrogen-bond donors (Lipinski definition) is 0. The Labute approximate surface area is 198 Å². The van der Waals surface area contributed by atoms with Gasteiger partial charge in [0, 0.05) is 31.0 Å². The number of ether oxygens (including phenoxy) is 2. The van der Waals surface area contributed by atoms with Gasteiger partial charge in [-0.3, -0.25) is 4.79 Å². The molecule has 9 heteroatoms. The van der Waals surface area contributed by atoms with Gasteiger partial charge in [0.05, 0.1) is 11.3 Å². The molecule has 0 aliphatic carbocycles. The lowest BCUT2D eigenvalue weighted by Gasteiger charge is -2.31. The highest BCUT2D eigenvalue weighted by Crippen LogP contribution is 2.35. The highest BCUT2D eigenvalue weighted by Gasteiger charge is 2.32. The molecule has 8 nitrogen and oxygen atoms in total. The average molecular weight is 478 g/mol. The number of hydrogen-bond acceptors (Lipinski definition) is 6. The Morgan fingerprint density at radius 2 is 1.88 bits per heavy atom. The molecule has 0 radical (unpaired) electrons. The van der Waals surface area contributed by atoms with Gasteiger partial charge in [0.15, 0.2) is 17.3 Å². The Morgan fingerprint density at radius 1 is 1.09 bits per heavy atom. The molecule has 3 aliphatic rings. The summed E-state index contributed by atoms with van der Waals surface area (Å²) in [4.78, 5) is 17.1. The molecular formula is C25H23N3O5S. The topological polar surface area (TPSA) is 88.5 Å². The van der Waals surface area contributed by atoms with Crippen LogP contribution >= 0.6 is 0 Å². The van der Waals surface area contributed by atoms with Gasteiger partial charge in [0.25, 0.3) is 15.9 Å². The van der Waals surface area contributed by atoms with Crippen LogP contribution in [-0.4, -0.2) is 57.1 Å². The third kappa shape index (κ3) is 4.60. The summed E-state index contributed by atoms with van der Waals surface area (Å²) in [5, 5.41) is 0. The molecule has 3 aliphatic heterocycles. The lowest BCUT2D eigenvalue weighted by Crippen LogP contribution is -2.43. The molecule has 1 amide bonds. The highest BCUT2D eigenvalue weighted by molar-refractivity contribution is 7.90. The van der Waals surface area contributed by atoms with Crippen LogP contribution in [0.1, 0.15) is 5.56 Å². The number of amidine groups is 1. The van der Waals surface area contributed by atoms with Crippen molar-refractivity contribution >= 4 is 33.5 Å². The van der Waals surface area contributed by atoms with Gasteiger partial charge in [-0.25, -0.2) is 8.42 Å². The largest absolute Gasteiger partial charge is 0.486 e. The predicted octanol–water partition coefficient (Wildman–Crippen LogP) is 3.00. The molecule has 0 atom stereocenters. The van der Waals surface area contributed by atoms with Crippen molar-refractivity contribution in [2.24, 2.45) is 4.40 Å². The number of sulfonamides is 1. The number of carbonyl (C=O) groups is 1. The molecule has 5 rings (SSSR count). The van der Waals surface area contributed by atoms with E-state index in [4.69, 9.17) is 9.47 Å². The van der Waals surface area contributed by atoms with Gasteiger partial charge in [-0.1, -0.05) is 42.5 Å². The Balaban J connectivity index is 1.50. The number of carbonyl (C=O) groups excluding carboxylic acids is 1. The zero-order valence-corrected chi connectivity index (χ0v) is 19.1. The van der Waals surface area contributed by atoms with Crippen molar-refractivity contribution in [2.45, 2.75) is 0 Å². The molecule has 2 aromatic rings. The fourth-order valence-electron chi connectivity index (χ4n) is 3.89. The first kappa shape index (κ1) is 22.0. The van der Waals surface area contributed by atoms with E-state index in [-0.39, 0.29) is 36.2 Å². The number of nitrogens with zero attached hydrogens (tertiary/aromatic N) is 3. The summed E-state index contributed by atoms with van der Waals surface area (Å²) in [7, 11) is -3.62. The second-order valence-electron chi connectivity index (χ2n) is 7.87. The first-order valence-electron chi connectivity index (χ1n) is 10.9. The van der Waals surface area contributed by atoms with Crippen LogP contribution < -0.4 is 14.4 Å². The summed E-state index contributed by atoms with van der Waals surface area (Å²) in [6.45, 7) is 1.41. The van der Waals surface area contributed by atoms with E-state index in [1.807, 2.05) is 42.5 Å². The molecule has 34 heavy (non-hydrogen) atoms. The van der Waals surface area contributed by atoms with Crippen molar-refractivity contribution in [2.75, 3.05) is 37.0 Å². The molecular weight excluding hydrogens is 454 g/mol. The standard InChI is InChI=1S/C25H23N3O5S/c29-25(21-9-5-12-27-14-17-34(30,31)26-24(21)27)28(13-4-8-19-6-2-1-3-7-19)20-10-11-22-23(18-20)33-16-15-32-22/h1-12,18H,13-17H2/b8-4+. The van der Waals surface area contributed by atoms with Crippen molar-refractivity contribution in [1.29, 1.82) is 0 Å². The van der Waals surface area contributed by atoms with Crippen LogP contribution in [0.4, 0.5) is 5.69 Å². The Kier molecular flexibility index (Phi) is 5.93. The number of anilines is 1. The quantitative estimate of drug-likeness (QED) is 0.658. The van der Waals surface area contributed by atoms with E-state index in [0.29, 0.717) is 30.4 Å². The SMILES string of the molecule is O=C(C1=CC=CN2CCS(=O)(=O)N=C12)N(C/C=C/c1ccccc1)c1ccc2c(c1)OCCO2. The number of benzene rings is 2. The van der Waals surface area contributed by atoms with Gasteiger partial charge in [-0.05, 0) is 29.8 Å². The lowest BCUT2D eigenvalue weighted by atomic mass is 10.1. The van der Waals surface area contributed by atoms with E-state index in [2.05, 4.69) is 4.40 Å². The molecule has 0 aromatic heterocycles. The number of amides is 1. The monoisotopic (exact) mass is 477 g/mol. The zero-order valence-electron chi connectivity index (χ0n) is 18.3. The van der Waals surface area contributed by atoms with E-state index in [9.17, 15) is 13.2 Å². The lowest BCUT2D eigenvalue weighted by molar-refractivity contribution is -0.114. The molecule has 0 saturated carbocycles. The second kappa shape index (κ2) is 9.18. The number of fused-ring (bicyclic) bond motifs is 2. The van der Waals surface area contributed by atoms with E-state index in [1.54, 1.807) is 46.4 Å². The van der Waals surface area contributed by atoms with Crippen molar-refractivity contribution < 1.29 is 22.7 Å². The maximum absolute atomic E-state index is 13.8. The van der Waals surface area contributed by atoms with Crippen molar-refractivity contribution in [3.05, 3.63) is 84.1 Å². The van der Waals surface area contributed by atoms with Crippen molar-refractivity contribution in [3.63, 3.8) is 0 Å². The van der Waals surface area contributed by atoms with Gasteiger partial charge in [0.2, 0.25) is 0 Å². The van der Waals surface area contributed by atoms with Gasteiger partial charge in [-0.15, -0.1) is 4.40 Å².